The lowest BCUT2D eigenvalue weighted by atomic mass is 9.77. The van der Waals surface area contributed by atoms with Crippen molar-refractivity contribution in [3.8, 4) is 0 Å². The number of nitrogens with one attached hydrogen (secondary N) is 1. The van der Waals surface area contributed by atoms with E-state index in [0.717, 1.165) is 17.8 Å². The van der Waals surface area contributed by atoms with Gasteiger partial charge in [-0.1, -0.05) is 70.9 Å². The third-order valence-corrected chi connectivity index (χ3v) is 5.00. The molecular weight excluding hydrogens is 254 g/mol. The van der Waals surface area contributed by atoms with Crippen molar-refractivity contribution in [3.63, 3.8) is 0 Å². The van der Waals surface area contributed by atoms with E-state index in [-0.39, 0.29) is 0 Å². The Balaban J connectivity index is 2.10. The van der Waals surface area contributed by atoms with E-state index in [9.17, 15) is 0 Å². The molecule has 21 heavy (non-hydrogen) atoms. The summed E-state index contributed by atoms with van der Waals surface area (Å²) in [6.45, 7) is 9.45. The van der Waals surface area contributed by atoms with Gasteiger partial charge < -0.3 is 5.32 Å². The lowest BCUT2D eigenvalue weighted by Crippen LogP contribution is -2.43. The molecule has 0 bridgehead atoms. The third kappa shape index (κ3) is 4.85. The van der Waals surface area contributed by atoms with E-state index in [0.29, 0.717) is 12.1 Å². The molecule has 1 nitrogen and oxygen atoms in total. The minimum Gasteiger partial charge on any atom is -0.307 e. The van der Waals surface area contributed by atoms with E-state index >= 15 is 0 Å². The molecule has 1 aromatic rings. The first kappa shape index (κ1) is 16.5. The second-order valence-corrected chi connectivity index (χ2v) is 7.56. The van der Waals surface area contributed by atoms with Crippen molar-refractivity contribution < 1.29 is 0 Å². The van der Waals surface area contributed by atoms with E-state index in [1.54, 1.807) is 0 Å². The van der Waals surface area contributed by atoms with Crippen molar-refractivity contribution in [2.45, 2.75) is 71.9 Å². The number of hydrogen-bond donors (Lipinski definition) is 1. The van der Waals surface area contributed by atoms with Gasteiger partial charge in [-0.25, -0.2) is 0 Å². The molecule has 0 aliphatic heterocycles. The maximum atomic E-state index is 4.04. The van der Waals surface area contributed by atoms with Gasteiger partial charge in [-0.2, -0.15) is 0 Å². The Morgan fingerprint density at radius 2 is 1.67 bits per heavy atom. The predicted octanol–water partition coefficient (Wildman–Crippen LogP) is 5.58. The number of hydrogen-bond acceptors (Lipinski definition) is 1. The SMILES string of the molecule is CC(C)CC(NC1CCCCC1C(C)C)c1ccccc1. The fourth-order valence-corrected chi connectivity index (χ4v) is 3.88. The molecule has 1 aliphatic rings. The molecule has 3 unspecified atom stereocenters. The highest BCUT2D eigenvalue weighted by Gasteiger charge is 2.29. The maximum absolute atomic E-state index is 4.04. The van der Waals surface area contributed by atoms with Crippen molar-refractivity contribution in [3.05, 3.63) is 35.9 Å². The molecule has 1 aromatic carbocycles. The smallest absolute Gasteiger partial charge is 0.0325 e. The summed E-state index contributed by atoms with van der Waals surface area (Å²) in [5, 5.41) is 4.04. The number of benzene rings is 1. The molecule has 3 atom stereocenters. The third-order valence-electron chi connectivity index (χ3n) is 5.00. The van der Waals surface area contributed by atoms with Gasteiger partial charge >= 0.3 is 0 Å². The molecule has 0 saturated heterocycles. The molecule has 1 N–H and O–H groups in total. The van der Waals surface area contributed by atoms with Crippen LogP contribution in [0.1, 0.15) is 71.4 Å². The molecule has 1 saturated carbocycles. The summed E-state index contributed by atoms with van der Waals surface area (Å²) >= 11 is 0. The summed E-state index contributed by atoms with van der Waals surface area (Å²) in [7, 11) is 0. The zero-order valence-electron chi connectivity index (χ0n) is 14.3. The molecule has 0 aromatic heterocycles. The Hall–Kier alpha value is -0.820. The minimum absolute atomic E-state index is 0.510. The summed E-state index contributed by atoms with van der Waals surface area (Å²) in [4.78, 5) is 0. The summed E-state index contributed by atoms with van der Waals surface area (Å²) in [5.41, 5.74) is 1.46. The topological polar surface area (TPSA) is 12.0 Å². The van der Waals surface area contributed by atoms with Gasteiger partial charge in [0.25, 0.3) is 0 Å². The molecule has 0 radical (unpaired) electrons. The van der Waals surface area contributed by atoms with Crippen LogP contribution >= 0.6 is 0 Å². The highest BCUT2D eigenvalue weighted by Crippen LogP contribution is 2.33. The predicted molar refractivity (Wildman–Crippen MR) is 92.4 cm³/mol. The molecular formula is C20H33N. The van der Waals surface area contributed by atoms with Gasteiger partial charge in [-0.15, -0.1) is 0 Å². The van der Waals surface area contributed by atoms with Gasteiger partial charge in [0.1, 0.15) is 0 Å². The summed E-state index contributed by atoms with van der Waals surface area (Å²) in [5.74, 6) is 2.36. The van der Waals surface area contributed by atoms with Crippen molar-refractivity contribution >= 4 is 0 Å². The molecule has 2 rings (SSSR count). The molecule has 0 amide bonds. The van der Waals surface area contributed by atoms with Gasteiger partial charge in [-0.05, 0) is 42.6 Å². The largest absolute Gasteiger partial charge is 0.307 e. The summed E-state index contributed by atoms with van der Waals surface area (Å²) in [6.07, 6.45) is 6.79. The van der Waals surface area contributed by atoms with Crippen LogP contribution in [-0.2, 0) is 0 Å². The highest BCUT2D eigenvalue weighted by molar-refractivity contribution is 5.19. The highest BCUT2D eigenvalue weighted by atomic mass is 15.0. The van der Waals surface area contributed by atoms with Gasteiger partial charge in [0.05, 0.1) is 0 Å². The monoisotopic (exact) mass is 287 g/mol. The molecule has 0 spiro atoms. The van der Waals surface area contributed by atoms with E-state index in [4.69, 9.17) is 0 Å². The lowest BCUT2D eigenvalue weighted by Gasteiger charge is -2.38. The number of rotatable bonds is 6. The van der Waals surface area contributed by atoms with Crippen molar-refractivity contribution in [2.24, 2.45) is 17.8 Å². The summed E-state index contributed by atoms with van der Waals surface area (Å²) in [6, 6.07) is 12.2. The fraction of sp³-hybridized carbons (Fsp3) is 0.700. The van der Waals surface area contributed by atoms with Gasteiger partial charge in [-0.3, -0.25) is 0 Å². The first-order chi connectivity index (χ1) is 10.1. The van der Waals surface area contributed by atoms with Crippen LogP contribution < -0.4 is 5.32 Å². The van der Waals surface area contributed by atoms with Crippen molar-refractivity contribution in [1.82, 2.24) is 5.32 Å². The van der Waals surface area contributed by atoms with Gasteiger partial charge in [0.2, 0.25) is 0 Å². The standard InChI is InChI=1S/C20H33N/c1-15(2)14-20(17-10-6-5-7-11-17)21-19-13-9-8-12-18(19)16(3)4/h5-7,10-11,15-16,18-21H,8-9,12-14H2,1-4H3. The van der Waals surface area contributed by atoms with Crippen LogP contribution in [0.3, 0.4) is 0 Å². The van der Waals surface area contributed by atoms with Crippen LogP contribution in [0.25, 0.3) is 0 Å². The molecule has 1 aliphatic carbocycles. The Morgan fingerprint density at radius 1 is 1.00 bits per heavy atom. The van der Waals surface area contributed by atoms with E-state index in [1.165, 1.54) is 37.7 Å². The Labute approximate surface area is 131 Å². The van der Waals surface area contributed by atoms with Gasteiger partial charge in [0.15, 0.2) is 0 Å². The second kappa shape index (κ2) is 7.98. The average Bonchev–Trinajstić information content (AvgIpc) is 2.47. The Bertz CT molecular complexity index is 396. The molecule has 0 heterocycles. The first-order valence-electron chi connectivity index (χ1n) is 8.89. The fourth-order valence-electron chi connectivity index (χ4n) is 3.88. The van der Waals surface area contributed by atoms with Crippen molar-refractivity contribution in [1.29, 1.82) is 0 Å². The molecule has 1 fully saturated rings. The van der Waals surface area contributed by atoms with Crippen molar-refractivity contribution in [2.75, 3.05) is 0 Å². The van der Waals surface area contributed by atoms with E-state index in [1.807, 2.05) is 0 Å². The Morgan fingerprint density at radius 3 is 2.29 bits per heavy atom. The quantitative estimate of drug-likeness (QED) is 0.720. The normalized spacial score (nSPS) is 24.5. The van der Waals surface area contributed by atoms with E-state index < -0.39 is 0 Å². The zero-order chi connectivity index (χ0) is 15.2. The van der Waals surface area contributed by atoms with E-state index in [2.05, 4.69) is 63.3 Å². The van der Waals surface area contributed by atoms with Crippen LogP contribution in [0, 0.1) is 17.8 Å². The molecule has 1 heteroatoms. The van der Waals surface area contributed by atoms with Crippen LogP contribution in [0.2, 0.25) is 0 Å². The zero-order valence-corrected chi connectivity index (χ0v) is 14.3. The van der Waals surface area contributed by atoms with Crippen LogP contribution in [-0.4, -0.2) is 6.04 Å². The van der Waals surface area contributed by atoms with Crippen LogP contribution in [0.15, 0.2) is 30.3 Å². The maximum Gasteiger partial charge on any atom is 0.0325 e. The van der Waals surface area contributed by atoms with Crippen LogP contribution in [0.5, 0.6) is 0 Å². The lowest BCUT2D eigenvalue weighted by molar-refractivity contribution is 0.186. The summed E-state index contributed by atoms with van der Waals surface area (Å²) < 4.78 is 0. The Kier molecular flexibility index (Phi) is 6.29. The van der Waals surface area contributed by atoms with Gasteiger partial charge in [0, 0.05) is 12.1 Å². The molecule has 118 valence electrons. The average molecular weight is 287 g/mol. The first-order valence-corrected chi connectivity index (χ1v) is 8.89. The second-order valence-electron chi connectivity index (χ2n) is 7.56. The van der Waals surface area contributed by atoms with Crippen LogP contribution in [0.4, 0.5) is 0 Å². The minimum atomic E-state index is 0.510.